The fraction of sp³-hybridized carbons (Fsp3) is 0.853. The van der Waals surface area contributed by atoms with E-state index in [1.165, 1.54) is 50.5 Å². The topological polar surface area (TPSA) is 71.0 Å². The Morgan fingerprint density at radius 3 is 2.60 bits per heavy atom. The minimum atomic E-state index is -0.244. The molecule has 0 aromatic heterocycles. The second-order valence-electron chi connectivity index (χ2n) is 15.0. The van der Waals surface area contributed by atoms with Crippen molar-refractivity contribution in [3.8, 4) is 0 Å². The summed E-state index contributed by atoms with van der Waals surface area (Å²) in [6, 6.07) is 0.792. The van der Waals surface area contributed by atoms with Gasteiger partial charge in [0.05, 0.1) is 5.71 Å². The molecule has 6 nitrogen and oxygen atoms in total. The number of rotatable bonds is 6. The standard InChI is InChI=1S/C34H53N3O3/c1-22-15-19-35-31(22)16-20-37(25-7-5-6-8-25)32(39)40-36-23(2)28-11-12-29-27-10-9-24-21-26(38)13-17-33(24,3)30(27)14-18-34(28,29)4/h21-22,25,27-31,35H,5-20H2,1-4H3/b36-23+/t22?,27-,28+,29-,30-,31?,33-,34+/m0/s1. The summed E-state index contributed by atoms with van der Waals surface area (Å²) in [6.07, 6.45) is 17.5. The lowest BCUT2D eigenvalue weighted by Gasteiger charge is -2.58. The van der Waals surface area contributed by atoms with Gasteiger partial charge in [0, 0.05) is 31.0 Å². The minimum Gasteiger partial charge on any atom is -0.314 e. The number of oxime groups is 1. The highest BCUT2D eigenvalue weighted by molar-refractivity contribution is 5.91. The summed E-state index contributed by atoms with van der Waals surface area (Å²) >= 11 is 0. The molecule has 1 aliphatic heterocycles. The first-order valence-corrected chi connectivity index (χ1v) is 16.7. The monoisotopic (exact) mass is 551 g/mol. The Hall–Kier alpha value is -1.69. The fourth-order valence-corrected chi connectivity index (χ4v) is 10.7. The Labute approximate surface area is 242 Å². The molecule has 222 valence electrons. The fourth-order valence-electron chi connectivity index (χ4n) is 10.7. The van der Waals surface area contributed by atoms with E-state index in [-0.39, 0.29) is 16.9 Å². The van der Waals surface area contributed by atoms with Crippen LogP contribution in [-0.4, -0.2) is 47.7 Å². The number of ketones is 1. The first-order chi connectivity index (χ1) is 19.2. The van der Waals surface area contributed by atoms with E-state index in [9.17, 15) is 9.59 Å². The van der Waals surface area contributed by atoms with Gasteiger partial charge in [-0.2, -0.15) is 0 Å². The van der Waals surface area contributed by atoms with Crippen molar-refractivity contribution in [3.63, 3.8) is 0 Å². The summed E-state index contributed by atoms with van der Waals surface area (Å²) in [4.78, 5) is 33.4. The Morgan fingerprint density at radius 2 is 1.85 bits per heavy atom. The van der Waals surface area contributed by atoms with Gasteiger partial charge in [-0.1, -0.05) is 44.3 Å². The third-order valence-electron chi connectivity index (χ3n) is 13.1. The number of carbonyl (C=O) groups is 2. The van der Waals surface area contributed by atoms with Crippen molar-refractivity contribution in [2.24, 2.45) is 45.6 Å². The molecule has 0 bridgehead atoms. The average molecular weight is 552 g/mol. The molecule has 1 heterocycles. The van der Waals surface area contributed by atoms with Crippen LogP contribution >= 0.6 is 0 Å². The molecule has 0 spiro atoms. The molecule has 1 saturated heterocycles. The maximum absolute atomic E-state index is 13.4. The number of carbonyl (C=O) groups excluding carboxylic acids is 2. The summed E-state index contributed by atoms with van der Waals surface area (Å²) in [5.41, 5.74) is 2.89. The number of allylic oxidation sites excluding steroid dienone is 1. The van der Waals surface area contributed by atoms with Gasteiger partial charge < -0.3 is 10.2 Å². The Morgan fingerprint density at radius 1 is 1.05 bits per heavy atom. The summed E-state index contributed by atoms with van der Waals surface area (Å²) in [6.45, 7) is 11.2. The first-order valence-electron chi connectivity index (χ1n) is 16.7. The van der Waals surface area contributed by atoms with Gasteiger partial charge in [0.15, 0.2) is 5.78 Å². The van der Waals surface area contributed by atoms with Crippen molar-refractivity contribution in [1.82, 2.24) is 10.2 Å². The molecule has 0 aromatic carbocycles. The largest absolute Gasteiger partial charge is 0.436 e. The van der Waals surface area contributed by atoms with Crippen molar-refractivity contribution in [2.45, 2.75) is 130 Å². The van der Waals surface area contributed by atoms with Crippen LogP contribution in [0.3, 0.4) is 0 Å². The summed E-state index contributed by atoms with van der Waals surface area (Å²) in [5.74, 6) is 3.52. The van der Waals surface area contributed by atoms with Crippen molar-refractivity contribution in [1.29, 1.82) is 0 Å². The zero-order valence-corrected chi connectivity index (χ0v) is 25.6. The molecule has 8 atom stereocenters. The summed E-state index contributed by atoms with van der Waals surface area (Å²) in [7, 11) is 0. The van der Waals surface area contributed by atoms with Crippen LogP contribution < -0.4 is 5.32 Å². The number of hydrogen-bond donors (Lipinski definition) is 1. The maximum atomic E-state index is 13.4. The third kappa shape index (κ3) is 4.98. The van der Waals surface area contributed by atoms with Crippen LogP contribution in [0.1, 0.15) is 118 Å². The highest BCUT2D eigenvalue weighted by Gasteiger charge is 2.59. The highest BCUT2D eigenvalue weighted by atomic mass is 16.7. The van der Waals surface area contributed by atoms with E-state index in [1.807, 2.05) is 11.0 Å². The van der Waals surface area contributed by atoms with Crippen LogP contribution in [0.15, 0.2) is 16.8 Å². The molecule has 6 rings (SSSR count). The van der Waals surface area contributed by atoms with E-state index in [1.54, 1.807) is 0 Å². The summed E-state index contributed by atoms with van der Waals surface area (Å²) in [5, 5.41) is 8.21. The molecule has 6 aliphatic rings. The van der Waals surface area contributed by atoms with Gasteiger partial charge in [0.25, 0.3) is 0 Å². The predicted molar refractivity (Wildman–Crippen MR) is 159 cm³/mol. The zero-order valence-electron chi connectivity index (χ0n) is 25.6. The Kier molecular flexibility index (Phi) is 7.95. The molecule has 1 N–H and O–H groups in total. The van der Waals surface area contributed by atoms with E-state index < -0.39 is 0 Å². The molecule has 5 fully saturated rings. The normalized spacial score (nSPS) is 41.8. The van der Waals surface area contributed by atoms with Crippen LogP contribution in [-0.2, 0) is 9.63 Å². The smallest absolute Gasteiger partial charge is 0.314 e. The Balaban J connectivity index is 1.12. The Bertz CT molecular complexity index is 1050. The van der Waals surface area contributed by atoms with E-state index in [0.717, 1.165) is 69.7 Å². The van der Waals surface area contributed by atoms with Gasteiger partial charge in [0.2, 0.25) is 0 Å². The lowest BCUT2D eigenvalue weighted by Crippen LogP contribution is -2.51. The van der Waals surface area contributed by atoms with E-state index in [0.29, 0.717) is 41.5 Å². The van der Waals surface area contributed by atoms with Crippen LogP contribution in [0.4, 0.5) is 4.79 Å². The lowest BCUT2D eigenvalue weighted by molar-refractivity contribution is -0.117. The van der Waals surface area contributed by atoms with Crippen molar-refractivity contribution >= 4 is 17.6 Å². The number of hydrogen-bond acceptors (Lipinski definition) is 5. The van der Waals surface area contributed by atoms with Crippen LogP contribution in [0.25, 0.3) is 0 Å². The lowest BCUT2D eigenvalue weighted by atomic mass is 9.46. The quantitative estimate of drug-likeness (QED) is 0.214. The van der Waals surface area contributed by atoms with Crippen LogP contribution in [0.5, 0.6) is 0 Å². The van der Waals surface area contributed by atoms with Gasteiger partial charge in [-0.15, -0.1) is 0 Å². The number of fused-ring (bicyclic) bond motifs is 5. The second kappa shape index (κ2) is 11.2. The molecule has 0 radical (unpaired) electrons. The molecule has 40 heavy (non-hydrogen) atoms. The van der Waals surface area contributed by atoms with E-state index >= 15 is 0 Å². The van der Waals surface area contributed by atoms with Crippen molar-refractivity contribution in [2.75, 3.05) is 13.1 Å². The molecule has 4 saturated carbocycles. The number of amides is 1. The number of nitrogens with one attached hydrogen (secondary N) is 1. The van der Waals surface area contributed by atoms with Crippen LogP contribution in [0.2, 0.25) is 0 Å². The van der Waals surface area contributed by atoms with Gasteiger partial charge in [0.1, 0.15) is 0 Å². The van der Waals surface area contributed by atoms with E-state index in [2.05, 4.69) is 38.2 Å². The first kappa shape index (κ1) is 28.4. The highest BCUT2D eigenvalue weighted by Crippen LogP contribution is 2.66. The van der Waals surface area contributed by atoms with Crippen molar-refractivity contribution < 1.29 is 14.4 Å². The van der Waals surface area contributed by atoms with E-state index in [4.69, 9.17) is 4.84 Å². The summed E-state index contributed by atoms with van der Waals surface area (Å²) < 4.78 is 0. The maximum Gasteiger partial charge on any atom is 0.436 e. The molecule has 6 heteroatoms. The third-order valence-corrected chi connectivity index (χ3v) is 13.1. The predicted octanol–water partition coefficient (Wildman–Crippen LogP) is 7.28. The van der Waals surface area contributed by atoms with Crippen molar-refractivity contribution in [3.05, 3.63) is 11.6 Å². The zero-order chi connectivity index (χ0) is 28.1. The van der Waals surface area contributed by atoms with Crippen LogP contribution in [0, 0.1) is 40.4 Å². The minimum absolute atomic E-state index is 0.213. The van der Waals surface area contributed by atoms with Gasteiger partial charge >= 0.3 is 6.09 Å². The SMILES string of the molecule is C/C(=N\OC(=O)N(CCC1NCCC1C)C1CCCC1)[C@H]1CC[C@H]2[C@@H]3CCC4=CC(=O)CC[C@]4(C)[C@H]3CC[C@]12C. The molecular formula is C34H53N3O3. The second-order valence-corrected chi connectivity index (χ2v) is 15.0. The molecule has 0 aromatic rings. The van der Waals surface area contributed by atoms with Gasteiger partial charge in [-0.3, -0.25) is 9.63 Å². The molecule has 2 unspecified atom stereocenters. The van der Waals surface area contributed by atoms with Gasteiger partial charge in [-0.05, 0) is 125 Å². The number of nitrogens with zero attached hydrogens (tertiary/aromatic N) is 2. The van der Waals surface area contributed by atoms with Gasteiger partial charge in [-0.25, -0.2) is 4.79 Å². The molecular weight excluding hydrogens is 498 g/mol. The molecule has 5 aliphatic carbocycles. The average Bonchev–Trinajstić information content (AvgIpc) is 3.68. The molecule has 1 amide bonds.